The third kappa shape index (κ3) is 3.57. The molecule has 2 heterocycles. The van der Waals surface area contributed by atoms with E-state index in [2.05, 4.69) is 6.92 Å². The van der Waals surface area contributed by atoms with E-state index >= 15 is 0 Å². The third-order valence-electron chi connectivity index (χ3n) is 4.98. The summed E-state index contributed by atoms with van der Waals surface area (Å²) in [6, 6.07) is 15.0. The van der Waals surface area contributed by atoms with Gasteiger partial charge in [0.2, 0.25) is 10.0 Å². The van der Waals surface area contributed by atoms with Crippen molar-refractivity contribution in [2.45, 2.75) is 31.2 Å². The molecule has 1 aliphatic rings. The van der Waals surface area contributed by atoms with E-state index in [1.165, 1.54) is 0 Å². The van der Waals surface area contributed by atoms with Crippen LogP contribution in [0.2, 0.25) is 0 Å². The average Bonchev–Trinajstić information content (AvgIpc) is 3.17. The third-order valence-corrected chi connectivity index (χ3v) is 7.97. The molecule has 1 aromatic heterocycles. The summed E-state index contributed by atoms with van der Waals surface area (Å²) >= 11 is 1.56. The predicted octanol–water partition coefficient (Wildman–Crippen LogP) is 4.13. The quantitative estimate of drug-likeness (QED) is 0.630. The first-order valence-electron chi connectivity index (χ1n) is 9.23. The number of benzene rings is 2. The molecule has 146 valence electrons. The molecule has 0 bridgehead atoms. The summed E-state index contributed by atoms with van der Waals surface area (Å²) < 4.78 is 33.0. The standard InChI is InChI=1S/C21H22N2O3S2/c1-3-15-7-9-18(10-8-15)28(24,25)23-12-11-19-20(14-23)27-21(22-19)16-5-4-6-17(13-16)26-2/h4-10,13H,3,11-12,14H2,1-2H3. The highest BCUT2D eigenvalue weighted by Crippen LogP contribution is 2.34. The molecule has 0 amide bonds. The minimum Gasteiger partial charge on any atom is -0.497 e. The Labute approximate surface area is 169 Å². The maximum absolute atomic E-state index is 13.1. The molecule has 0 atom stereocenters. The topological polar surface area (TPSA) is 59.5 Å². The molecule has 5 nitrogen and oxygen atoms in total. The summed E-state index contributed by atoms with van der Waals surface area (Å²) in [7, 11) is -1.86. The number of nitrogens with zero attached hydrogens (tertiary/aromatic N) is 2. The number of sulfonamides is 1. The zero-order chi connectivity index (χ0) is 19.7. The van der Waals surface area contributed by atoms with Gasteiger partial charge >= 0.3 is 0 Å². The highest BCUT2D eigenvalue weighted by atomic mass is 32.2. The summed E-state index contributed by atoms with van der Waals surface area (Å²) in [5.41, 5.74) is 3.11. The minimum atomic E-state index is -3.50. The lowest BCUT2D eigenvalue weighted by Crippen LogP contribution is -2.35. The van der Waals surface area contributed by atoms with E-state index in [1.54, 1.807) is 34.9 Å². The summed E-state index contributed by atoms with van der Waals surface area (Å²) in [6.45, 7) is 2.88. The molecule has 4 rings (SSSR count). The van der Waals surface area contributed by atoms with Crippen LogP contribution in [-0.2, 0) is 29.4 Å². The maximum Gasteiger partial charge on any atom is 0.243 e. The Kier molecular flexibility index (Phi) is 5.23. The number of hydrogen-bond acceptors (Lipinski definition) is 5. The van der Waals surface area contributed by atoms with Crippen molar-refractivity contribution in [3.05, 3.63) is 64.7 Å². The van der Waals surface area contributed by atoms with Crippen molar-refractivity contribution >= 4 is 21.4 Å². The molecule has 0 saturated heterocycles. The smallest absolute Gasteiger partial charge is 0.243 e. The van der Waals surface area contributed by atoms with E-state index in [0.29, 0.717) is 24.4 Å². The molecule has 0 spiro atoms. The first kappa shape index (κ1) is 19.1. The van der Waals surface area contributed by atoms with Crippen molar-refractivity contribution < 1.29 is 13.2 Å². The van der Waals surface area contributed by atoms with Crippen LogP contribution in [-0.4, -0.2) is 31.4 Å². The van der Waals surface area contributed by atoms with Crippen LogP contribution in [0.3, 0.4) is 0 Å². The Morgan fingerprint density at radius 2 is 1.96 bits per heavy atom. The van der Waals surface area contributed by atoms with Crippen LogP contribution in [0.1, 0.15) is 23.1 Å². The Balaban J connectivity index is 1.60. The average molecular weight is 415 g/mol. The van der Waals surface area contributed by atoms with Crippen molar-refractivity contribution in [2.24, 2.45) is 0 Å². The van der Waals surface area contributed by atoms with Gasteiger partial charge in [0.05, 0.1) is 24.2 Å². The van der Waals surface area contributed by atoms with E-state index in [0.717, 1.165) is 38.9 Å². The van der Waals surface area contributed by atoms with Gasteiger partial charge in [0, 0.05) is 23.4 Å². The highest BCUT2D eigenvalue weighted by Gasteiger charge is 2.30. The summed E-state index contributed by atoms with van der Waals surface area (Å²) in [5, 5.41) is 0.899. The van der Waals surface area contributed by atoms with Gasteiger partial charge in [-0.25, -0.2) is 13.4 Å². The Bertz CT molecular complexity index is 1090. The first-order chi connectivity index (χ1) is 13.5. The van der Waals surface area contributed by atoms with Gasteiger partial charge in [-0.3, -0.25) is 0 Å². The Hall–Kier alpha value is -2.22. The lowest BCUT2D eigenvalue weighted by molar-refractivity contribution is 0.393. The van der Waals surface area contributed by atoms with Crippen LogP contribution in [0.5, 0.6) is 5.75 Å². The van der Waals surface area contributed by atoms with E-state index in [4.69, 9.17) is 9.72 Å². The van der Waals surface area contributed by atoms with Gasteiger partial charge < -0.3 is 4.74 Å². The van der Waals surface area contributed by atoms with Crippen LogP contribution in [0.15, 0.2) is 53.4 Å². The van der Waals surface area contributed by atoms with E-state index in [9.17, 15) is 8.42 Å². The van der Waals surface area contributed by atoms with Gasteiger partial charge in [-0.2, -0.15) is 4.31 Å². The van der Waals surface area contributed by atoms with Crippen molar-refractivity contribution in [3.63, 3.8) is 0 Å². The predicted molar refractivity (Wildman–Crippen MR) is 111 cm³/mol. The second kappa shape index (κ2) is 7.66. The van der Waals surface area contributed by atoms with Crippen LogP contribution < -0.4 is 4.74 Å². The first-order valence-corrected chi connectivity index (χ1v) is 11.5. The van der Waals surface area contributed by atoms with Crippen molar-refractivity contribution in [2.75, 3.05) is 13.7 Å². The number of thiazole rings is 1. The molecule has 2 aromatic carbocycles. The molecular formula is C21H22N2O3S2. The molecule has 1 aliphatic heterocycles. The number of fused-ring (bicyclic) bond motifs is 1. The fourth-order valence-corrected chi connectivity index (χ4v) is 5.91. The van der Waals surface area contributed by atoms with E-state index in [1.807, 2.05) is 36.4 Å². The zero-order valence-electron chi connectivity index (χ0n) is 15.9. The molecular weight excluding hydrogens is 392 g/mol. The number of aromatic nitrogens is 1. The van der Waals surface area contributed by atoms with Crippen molar-refractivity contribution in [1.82, 2.24) is 9.29 Å². The van der Waals surface area contributed by atoms with Gasteiger partial charge in [0.15, 0.2) is 0 Å². The summed E-state index contributed by atoms with van der Waals surface area (Å²) in [6.07, 6.45) is 1.52. The summed E-state index contributed by atoms with van der Waals surface area (Å²) in [4.78, 5) is 6.11. The molecule has 0 radical (unpaired) electrons. The number of aryl methyl sites for hydroxylation is 1. The second-order valence-electron chi connectivity index (χ2n) is 6.71. The van der Waals surface area contributed by atoms with E-state index < -0.39 is 10.0 Å². The van der Waals surface area contributed by atoms with Crippen LogP contribution in [0.25, 0.3) is 10.6 Å². The molecule has 7 heteroatoms. The van der Waals surface area contributed by atoms with Crippen LogP contribution in [0.4, 0.5) is 0 Å². The molecule has 3 aromatic rings. The number of ether oxygens (including phenoxy) is 1. The summed E-state index contributed by atoms with van der Waals surface area (Å²) in [5.74, 6) is 0.783. The molecule has 0 N–H and O–H groups in total. The molecule has 0 aliphatic carbocycles. The van der Waals surface area contributed by atoms with Crippen molar-refractivity contribution in [3.8, 4) is 16.3 Å². The van der Waals surface area contributed by atoms with Gasteiger partial charge in [-0.1, -0.05) is 31.2 Å². The fourth-order valence-electron chi connectivity index (χ4n) is 3.30. The fraction of sp³-hybridized carbons (Fsp3) is 0.286. The molecule has 0 unspecified atom stereocenters. The Morgan fingerprint density at radius 1 is 1.18 bits per heavy atom. The number of methoxy groups -OCH3 is 1. The molecule has 28 heavy (non-hydrogen) atoms. The number of hydrogen-bond donors (Lipinski definition) is 0. The Morgan fingerprint density at radius 3 is 2.68 bits per heavy atom. The lowest BCUT2D eigenvalue weighted by Gasteiger charge is -2.25. The van der Waals surface area contributed by atoms with Crippen molar-refractivity contribution in [1.29, 1.82) is 0 Å². The normalized spacial score (nSPS) is 14.6. The largest absolute Gasteiger partial charge is 0.497 e. The highest BCUT2D eigenvalue weighted by molar-refractivity contribution is 7.89. The maximum atomic E-state index is 13.1. The molecule has 0 fully saturated rings. The van der Waals surface area contributed by atoms with Gasteiger partial charge in [0.1, 0.15) is 10.8 Å². The van der Waals surface area contributed by atoms with Gasteiger partial charge in [-0.15, -0.1) is 11.3 Å². The van der Waals surface area contributed by atoms with Crippen LogP contribution >= 0.6 is 11.3 Å². The molecule has 0 saturated carbocycles. The second-order valence-corrected chi connectivity index (χ2v) is 9.73. The van der Waals surface area contributed by atoms with Gasteiger partial charge in [0.25, 0.3) is 0 Å². The minimum absolute atomic E-state index is 0.352. The van der Waals surface area contributed by atoms with Gasteiger partial charge in [-0.05, 0) is 36.2 Å². The monoisotopic (exact) mass is 414 g/mol. The van der Waals surface area contributed by atoms with Crippen LogP contribution in [0, 0.1) is 0 Å². The SMILES string of the molecule is CCc1ccc(S(=O)(=O)N2CCc3nc(-c4cccc(OC)c4)sc3C2)cc1. The van der Waals surface area contributed by atoms with E-state index in [-0.39, 0.29) is 0 Å². The zero-order valence-corrected chi connectivity index (χ0v) is 17.5. The number of rotatable bonds is 5. The lowest BCUT2D eigenvalue weighted by atomic mass is 10.2.